The minimum absolute atomic E-state index is 0.0170. The van der Waals surface area contributed by atoms with Crippen LogP contribution in [0, 0.1) is 27.9 Å². The van der Waals surface area contributed by atoms with Crippen molar-refractivity contribution < 1.29 is 53.2 Å². The molecule has 0 spiro atoms. The Labute approximate surface area is 355 Å². The fourth-order valence-electron chi connectivity index (χ4n) is 9.24. The predicted octanol–water partition coefficient (Wildman–Crippen LogP) is 8.38. The highest BCUT2D eigenvalue weighted by atomic mass is 16.7. The molecule has 2 N–H and O–H groups in total. The van der Waals surface area contributed by atoms with E-state index in [9.17, 15) is 29.9 Å². The van der Waals surface area contributed by atoms with Crippen LogP contribution < -0.4 is 18.9 Å². The number of hydrogen-bond acceptors (Lipinski definition) is 13. The smallest absolute Gasteiger partial charge is 0.415 e. The third-order valence-electron chi connectivity index (χ3n) is 11.7. The van der Waals surface area contributed by atoms with Crippen LogP contribution in [-0.2, 0) is 9.57 Å². The summed E-state index contributed by atoms with van der Waals surface area (Å²) in [5.41, 5.74) is 2.53. The van der Waals surface area contributed by atoms with Crippen LogP contribution in [0.2, 0.25) is 0 Å². The second-order valence-electron chi connectivity index (χ2n) is 15.4. The van der Waals surface area contributed by atoms with E-state index in [1.165, 1.54) is 38.5 Å². The number of amides is 1. The zero-order valence-corrected chi connectivity index (χ0v) is 34.9. The van der Waals surface area contributed by atoms with Crippen LogP contribution >= 0.6 is 0 Å². The summed E-state index contributed by atoms with van der Waals surface area (Å²) in [5.74, 6) is -0.386. The van der Waals surface area contributed by atoms with Crippen LogP contribution in [0.15, 0.2) is 90.1 Å². The number of allylic oxidation sites excluding steroid dienone is 1. The molecule has 6 rings (SSSR count). The topological polar surface area (TPSA) is 189 Å². The Kier molecular flexibility index (Phi) is 15.2. The number of non-ortho nitro benzene ring substituents is 1. The van der Waals surface area contributed by atoms with Gasteiger partial charge in [-0.05, 0) is 98.0 Å². The van der Waals surface area contributed by atoms with Crippen molar-refractivity contribution in [3.8, 4) is 28.7 Å². The van der Waals surface area contributed by atoms with E-state index < -0.39 is 28.8 Å². The molecular weight excluding hydrogens is 787 g/mol. The molecule has 1 fully saturated rings. The molecule has 15 heteroatoms. The lowest BCUT2D eigenvalue weighted by Gasteiger charge is -2.59. The summed E-state index contributed by atoms with van der Waals surface area (Å²) >= 11 is 0. The molecule has 3 aromatic carbocycles. The number of rotatable bonds is 21. The maximum absolute atomic E-state index is 14.5. The number of aliphatic hydroxyl groups is 2. The first-order chi connectivity index (χ1) is 29.7. The van der Waals surface area contributed by atoms with E-state index in [4.69, 9.17) is 28.5 Å². The van der Waals surface area contributed by atoms with Gasteiger partial charge in [0.1, 0.15) is 41.9 Å². The summed E-state index contributed by atoms with van der Waals surface area (Å²) in [7, 11) is 2.97. The molecule has 0 aromatic heterocycles. The summed E-state index contributed by atoms with van der Waals surface area (Å²) < 4.78 is 31.9. The van der Waals surface area contributed by atoms with E-state index in [1.54, 1.807) is 35.2 Å². The number of oxime groups is 1. The van der Waals surface area contributed by atoms with E-state index in [0.717, 1.165) is 36.8 Å². The van der Waals surface area contributed by atoms with Crippen LogP contribution in [0.4, 0.5) is 10.5 Å². The minimum Gasteiger partial charge on any atom is -0.496 e. The number of aldehydes is 1. The highest BCUT2D eigenvalue weighted by Crippen LogP contribution is 2.62. The number of aliphatic hydroxyl groups excluding tert-OH is 2. The van der Waals surface area contributed by atoms with E-state index in [0.29, 0.717) is 59.8 Å². The van der Waals surface area contributed by atoms with Gasteiger partial charge >= 0.3 is 6.09 Å². The van der Waals surface area contributed by atoms with Gasteiger partial charge in [0.15, 0.2) is 6.29 Å². The number of unbranched alkanes of at least 4 members (excludes halogenated alkanes) is 2. The Hall–Kier alpha value is -5.77. The van der Waals surface area contributed by atoms with Gasteiger partial charge in [0.05, 0.1) is 35.8 Å². The second-order valence-corrected chi connectivity index (χ2v) is 15.4. The molecule has 1 aliphatic heterocycles. The Bertz CT molecular complexity index is 2090. The molecule has 6 atom stereocenters. The Morgan fingerprint density at radius 1 is 1.02 bits per heavy atom. The highest BCUT2D eigenvalue weighted by Gasteiger charge is 2.65. The second kappa shape index (κ2) is 20.7. The lowest BCUT2D eigenvalue weighted by molar-refractivity contribution is -0.384. The van der Waals surface area contributed by atoms with E-state index in [-0.39, 0.29) is 62.0 Å². The molecule has 2 aliphatic carbocycles. The van der Waals surface area contributed by atoms with Gasteiger partial charge in [0.25, 0.3) is 5.69 Å². The molecular formula is C46H55N3O12. The zero-order chi connectivity index (χ0) is 43.5. The first-order valence-corrected chi connectivity index (χ1v) is 20.8. The standard InChI is InChI=1S/C46H55N3O12/c1-5-21-48(45(53)60-33-15-13-32(14-16-33)49(54)55)42-28-39(47-57-4)37-26-30(11-7-9-22-50)36(12-8-10-23-51)43-38-27-35(59-34-17-19-40(56-3)31(25-34)29-52)18-20-41(38)61-46(42,44(37)43)58-24-6-2/h6,13-20,25-27,29-30,36,42-44,50-51H,2,5,7-12,21-24,28H2,1,3-4H3. The van der Waals surface area contributed by atoms with Crippen LogP contribution in [0.3, 0.4) is 0 Å². The summed E-state index contributed by atoms with van der Waals surface area (Å²) in [4.78, 5) is 44.3. The minimum atomic E-state index is -1.52. The van der Waals surface area contributed by atoms with Crippen molar-refractivity contribution in [3.63, 3.8) is 0 Å². The van der Waals surface area contributed by atoms with Gasteiger partial charge in [-0.1, -0.05) is 37.1 Å². The van der Waals surface area contributed by atoms with Gasteiger partial charge < -0.3 is 38.7 Å². The quantitative estimate of drug-likeness (QED) is 0.0343. The summed E-state index contributed by atoms with van der Waals surface area (Å²) in [6, 6.07) is 15.1. The molecule has 1 saturated carbocycles. The molecule has 0 radical (unpaired) electrons. The van der Waals surface area contributed by atoms with Gasteiger partial charge in [0.2, 0.25) is 5.79 Å². The normalized spacial score (nSPS) is 23.1. The van der Waals surface area contributed by atoms with Crippen molar-refractivity contribution in [3.05, 3.63) is 106 Å². The van der Waals surface area contributed by atoms with E-state index in [1.807, 2.05) is 19.1 Å². The molecule has 61 heavy (non-hydrogen) atoms. The number of nitro benzene ring substituents is 1. The SMILES string of the molecule is C=CCOC12Oc3ccc(Oc4ccc(OC)c(C=O)c4)cc3C3C(CCCCO)C(CCCCO)C=C(C(=NOC)CC1N(CCC)C(=O)Oc1ccc([N+](=O)[O-])cc1)C32. The molecule has 0 bridgehead atoms. The van der Waals surface area contributed by atoms with Crippen LogP contribution in [-0.4, -0.2) is 90.5 Å². The molecule has 15 nitrogen and oxygen atoms in total. The van der Waals surface area contributed by atoms with Crippen LogP contribution in [0.25, 0.3) is 0 Å². The van der Waals surface area contributed by atoms with Crippen molar-refractivity contribution in [1.29, 1.82) is 0 Å². The van der Waals surface area contributed by atoms with E-state index >= 15 is 0 Å². The molecule has 6 unspecified atom stereocenters. The van der Waals surface area contributed by atoms with Gasteiger partial charge in [-0.3, -0.25) is 19.8 Å². The highest BCUT2D eigenvalue weighted by molar-refractivity contribution is 6.03. The van der Waals surface area contributed by atoms with Crippen LogP contribution in [0.5, 0.6) is 28.7 Å². The fourth-order valence-corrected chi connectivity index (χ4v) is 9.24. The van der Waals surface area contributed by atoms with Crippen molar-refractivity contribution >= 4 is 23.8 Å². The average Bonchev–Trinajstić information content (AvgIpc) is 3.26. The molecule has 1 heterocycles. The maximum atomic E-state index is 14.5. The summed E-state index contributed by atoms with van der Waals surface area (Å²) in [6.07, 6.45) is 8.87. The third kappa shape index (κ3) is 9.59. The van der Waals surface area contributed by atoms with Gasteiger partial charge in [-0.25, -0.2) is 4.79 Å². The van der Waals surface area contributed by atoms with Crippen LogP contribution in [0.1, 0.15) is 80.1 Å². The molecule has 1 amide bonds. The van der Waals surface area contributed by atoms with Gasteiger partial charge in [-0.15, -0.1) is 6.58 Å². The molecule has 326 valence electrons. The Balaban J connectivity index is 1.54. The lowest BCUT2D eigenvalue weighted by atomic mass is 9.55. The number of carbonyl (C=O) groups is 2. The number of nitrogens with zero attached hydrogens (tertiary/aromatic N) is 3. The number of nitro groups is 1. The first-order valence-electron chi connectivity index (χ1n) is 20.8. The maximum Gasteiger partial charge on any atom is 0.415 e. The first kappa shape index (κ1) is 44.8. The molecule has 0 saturated heterocycles. The number of ether oxygens (including phenoxy) is 5. The van der Waals surface area contributed by atoms with E-state index in [2.05, 4.69) is 17.8 Å². The average molecular weight is 842 g/mol. The fraction of sp³-hybridized carbons (Fsp3) is 0.457. The molecule has 3 aliphatic rings. The molecule has 3 aromatic rings. The summed E-state index contributed by atoms with van der Waals surface area (Å²) in [6.45, 7) is 6.33. The number of carbonyl (C=O) groups excluding carboxylic acids is 2. The Morgan fingerprint density at radius 3 is 2.38 bits per heavy atom. The third-order valence-corrected chi connectivity index (χ3v) is 11.7. The number of hydrogen-bond donors (Lipinski definition) is 2. The largest absolute Gasteiger partial charge is 0.496 e. The number of benzene rings is 3. The van der Waals surface area contributed by atoms with Crippen molar-refractivity contribution in [2.75, 3.05) is 40.6 Å². The summed E-state index contributed by atoms with van der Waals surface area (Å²) in [5, 5.41) is 35.7. The zero-order valence-electron chi connectivity index (χ0n) is 34.9. The van der Waals surface area contributed by atoms with Crippen molar-refractivity contribution in [2.45, 2.75) is 76.0 Å². The van der Waals surface area contributed by atoms with Gasteiger partial charge in [-0.2, -0.15) is 0 Å². The number of methoxy groups -OCH3 is 1. The Morgan fingerprint density at radius 2 is 1.72 bits per heavy atom. The van der Waals surface area contributed by atoms with Crippen molar-refractivity contribution in [2.24, 2.45) is 22.9 Å². The lowest BCUT2D eigenvalue weighted by Crippen LogP contribution is -2.70. The predicted molar refractivity (Wildman–Crippen MR) is 227 cm³/mol. The monoisotopic (exact) mass is 841 g/mol. The number of fused-ring (bicyclic) bond motifs is 2. The van der Waals surface area contributed by atoms with Crippen molar-refractivity contribution in [1.82, 2.24) is 4.90 Å². The van der Waals surface area contributed by atoms with Gasteiger partial charge in [0, 0.05) is 49.8 Å².